The molecule has 166 valence electrons. The third-order valence-electron chi connectivity index (χ3n) is 5.20. The number of aromatic nitrogens is 1. The minimum Gasteiger partial charge on any atom is -0.385 e. The van der Waals surface area contributed by atoms with Crippen molar-refractivity contribution in [3.05, 3.63) is 95.6 Å². The molecule has 2 N–H and O–H groups in total. The number of nitrogens with one attached hydrogen (secondary N) is 1. The molecule has 1 unspecified atom stereocenters. The van der Waals surface area contributed by atoms with E-state index in [-0.39, 0.29) is 12.4 Å². The Morgan fingerprint density at radius 1 is 1.03 bits per heavy atom. The van der Waals surface area contributed by atoms with Crippen LogP contribution >= 0.6 is 0 Å². The van der Waals surface area contributed by atoms with Gasteiger partial charge in [-0.25, -0.2) is 4.39 Å². The van der Waals surface area contributed by atoms with Crippen molar-refractivity contribution in [1.82, 2.24) is 4.57 Å². The number of ether oxygens (including phenoxy) is 2. The van der Waals surface area contributed by atoms with Crippen LogP contribution in [0.2, 0.25) is 0 Å². The summed E-state index contributed by atoms with van der Waals surface area (Å²) in [6, 6.07) is 20.7. The minimum atomic E-state index is -0.567. The van der Waals surface area contributed by atoms with E-state index < -0.39 is 6.10 Å². The summed E-state index contributed by atoms with van der Waals surface area (Å²) in [5, 5.41) is 10.5. The normalized spacial score (nSPS) is 13.3. The van der Waals surface area contributed by atoms with Gasteiger partial charge in [-0.1, -0.05) is 42.5 Å². The molecule has 0 aliphatic carbocycles. The molecule has 31 heavy (non-hydrogen) atoms. The van der Waals surface area contributed by atoms with Crippen molar-refractivity contribution >= 4 is 0 Å². The van der Waals surface area contributed by atoms with Crippen LogP contribution in [0.1, 0.15) is 16.8 Å². The number of halogens is 1. The molecule has 2 atom stereocenters. The number of benzene rings is 2. The summed E-state index contributed by atoms with van der Waals surface area (Å²) in [6.45, 7) is 4.07. The maximum atomic E-state index is 13.5. The molecule has 0 radical (unpaired) electrons. The third kappa shape index (κ3) is 7.92. The summed E-state index contributed by atoms with van der Waals surface area (Å²) in [6.07, 6.45) is 1.44. The van der Waals surface area contributed by atoms with Gasteiger partial charge in [-0.05, 0) is 35.4 Å². The molecule has 1 heterocycles. The topological polar surface area (TPSA) is 48.1 Å². The number of quaternary nitrogens is 1. The van der Waals surface area contributed by atoms with E-state index in [0.717, 1.165) is 29.9 Å². The number of nitrogens with zero attached hydrogens (tertiary/aromatic N) is 1. The first kappa shape index (κ1) is 23.2. The van der Waals surface area contributed by atoms with Crippen LogP contribution in [0.5, 0.6) is 0 Å². The molecule has 1 aromatic heterocycles. The largest absolute Gasteiger partial charge is 0.385 e. The Bertz CT molecular complexity index is 901. The summed E-state index contributed by atoms with van der Waals surface area (Å²) in [5.41, 5.74) is 3.14. The van der Waals surface area contributed by atoms with Crippen molar-refractivity contribution in [2.24, 2.45) is 0 Å². The molecular formula is C25H32FN2O3+. The lowest BCUT2D eigenvalue weighted by atomic mass is 10.2. The van der Waals surface area contributed by atoms with Crippen LogP contribution in [-0.4, -0.2) is 49.2 Å². The van der Waals surface area contributed by atoms with Crippen LogP contribution in [-0.2, 0) is 29.2 Å². The molecule has 0 bridgehead atoms. The average Bonchev–Trinajstić information content (AvgIpc) is 3.19. The smallest absolute Gasteiger partial charge is 0.126 e. The van der Waals surface area contributed by atoms with Crippen molar-refractivity contribution in [3.8, 4) is 0 Å². The Morgan fingerprint density at radius 2 is 1.84 bits per heavy atom. The molecule has 0 saturated carbocycles. The van der Waals surface area contributed by atoms with Crippen LogP contribution in [0, 0.1) is 5.82 Å². The minimum absolute atomic E-state index is 0.225. The van der Waals surface area contributed by atoms with E-state index in [1.807, 2.05) is 48.7 Å². The van der Waals surface area contributed by atoms with Gasteiger partial charge in [0.15, 0.2) is 0 Å². The molecule has 3 rings (SSSR count). The van der Waals surface area contributed by atoms with Gasteiger partial charge in [-0.15, -0.1) is 0 Å². The van der Waals surface area contributed by atoms with Crippen LogP contribution in [0.15, 0.2) is 72.9 Å². The predicted molar refractivity (Wildman–Crippen MR) is 118 cm³/mol. The van der Waals surface area contributed by atoms with Gasteiger partial charge in [0.05, 0.1) is 25.5 Å². The molecule has 3 aromatic rings. The van der Waals surface area contributed by atoms with Crippen molar-refractivity contribution in [2.45, 2.75) is 25.8 Å². The summed E-state index contributed by atoms with van der Waals surface area (Å²) >= 11 is 0. The number of aliphatic hydroxyl groups excluding tert-OH is 1. The third-order valence-corrected chi connectivity index (χ3v) is 5.20. The molecule has 0 aliphatic heterocycles. The number of aliphatic hydroxyl groups is 1. The first-order valence-electron chi connectivity index (χ1n) is 10.6. The van der Waals surface area contributed by atoms with Crippen molar-refractivity contribution in [3.63, 3.8) is 0 Å². The summed E-state index contributed by atoms with van der Waals surface area (Å²) in [5.74, 6) is -0.225. The molecule has 0 amide bonds. The number of rotatable bonds is 13. The Labute approximate surface area is 183 Å². The van der Waals surface area contributed by atoms with Gasteiger partial charge in [-0.3, -0.25) is 0 Å². The molecule has 0 saturated heterocycles. The molecule has 5 nitrogen and oxygen atoms in total. The SMILES string of the molecule is COCC[NH+](Cc1cccn1Cc1cccc(F)c1)C[C@H](O)COCc1ccccc1. The Balaban J connectivity index is 1.55. The van der Waals surface area contributed by atoms with E-state index in [0.29, 0.717) is 26.3 Å². The Kier molecular flexibility index (Phi) is 9.24. The summed E-state index contributed by atoms with van der Waals surface area (Å²) < 4.78 is 26.6. The van der Waals surface area contributed by atoms with Gasteiger partial charge in [-0.2, -0.15) is 0 Å². The van der Waals surface area contributed by atoms with Gasteiger partial charge in [0.1, 0.15) is 31.6 Å². The highest BCUT2D eigenvalue weighted by atomic mass is 19.1. The monoisotopic (exact) mass is 427 g/mol. The number of hydrogen-bond acceptors (Lipinski definition) is 3. The second-order valence-corrected chi connectivity index (χ2v) is 7.79. The molecule has 6 heteroatoms. The fraction of sp³-hybridized carbons (Fsp3) is 0.360. The number of hydrogen-bond donors (Lipinski definition) is 2. The lowest BCUT2D eigenvalue weighted by molar-refractivity contribution is -0.917. The lowest BCUT2D eigenvalue weighted by Crippen LogP contribution is -3.12. The zero-order valence-electron chi connectivity index (χ0n) is 18.0. The summed E-state index contributed by atoms with van der Waals surface area (Å²) in [4.78, 5) is 1.21. The van der Waals surface area contributed by atoms with Crippen molar-refractivity contribution in [1.29, 1.82) is 0 Å². The lowest BCUT2D eigenvalue weighted by Gasteiger charge is -2.23. The maximum Gasteiger partial charge on any atom is 0.126 e. The van der Waals surface area contributed by atoms with E-state index in [2.05, 4.69) is 10.6 Å². The second kappa shape index (κ2) is 12.4. The van der Waals surface area contributed by atoms with Crippen LogP contribution in [0.3, 0.4) is 0 Å². The predicted octanol–water partition coefficient (Wildman–Crippen LogP) is 2.28. The Hall–Kier alpha value is -2.51. The van der Waals surface area contributed by atoms with Crippen LogP contribution < -0.4 is 4.90 Å². The quantitative estimate of drug-likeness (QED) is 0.440. The molecule has 0 spiro atoms. The highest BCUT2D eigenvalue weighted by molar-refractivity contribution is 5.18. The average molecular weight is 428 g/mol. The first-order valence-corrected chi connectivity index (χ1v) is 10.6. The van der Waals surface area contributed by atoms with Crippen molar-refractivity contribution in [2.75, 3.05) is 33.4 Å². The van der Waals surface area contributed by atoms with Gasteiger partial charge < -0.3 is 24.0 Å². The van der Waals surface area contributed by atoms with Crippen LogP contribution in [0.25, 0.3) is 0 Å². The number of methoxy groups -OCH3 is 1. The van der Waals surface area contributed by atoms with E-state index in [9.17, 15) is 9.50 Å². The van der Waals surface area contributed by atoms with Crippen LogP contribution in [0.4, 0.5) is 4.39 Å². The van der Waals surface area contributed by atoms with Gasteiger partial charge in [0.2, 0.25) is 0 Å². The van der Waals surface area contributed by atoms with Gasteiger partial charge in [0.25, 0.3) is 0 Å². The van der Waals surface area contributed by atoms with Crippen molar-refractivity contribution < 1.29 is 23.9 Å². The zero-order valence-corrected chi connectivity index (χ0v) is 18.0. The molecule has 0 fully saturated rings. The fourth-order valence-electron chi connectivity index (χ4n) is 3.64. The summed E-state index contributed by atoms with van der Waals surface area (Å²) in [7, 11) is 1.68. The molecular weight excluding hydrogens is 395 g/mol. The highest BCUT2D eigenvalue weighted by Gasteiger charge is 2.18. The highest BCUT2D eigenvalue weighted by Crippen LogP contribution is 2.09. The molecule has 2 aromatic carbocycles. The van der Waals surface area contributed by atoms with E-state index in [1.165, 1.54) is 11.0 Å². The second-order valence-electron chi connectivity index (χ2n) is 7.79. The van der Waals surface area contributed by atoms with Gasteiger partial charge in [0, 0.05) is 19.9 Å². The van der Waals surface area contributed by atoms with E-state index in [1.54, 1.807) is 19.2 Å². The van der Waals surface area contributed by atoms with E-state index >= 15 is 0 Å². The maximum absolute atomic E-state index is 13.5. The van der Waals surface area contributed by atoms with Gasteiger partial charge >= 0.3 is 0 Å². The van der Waals surface area contributed by atoms with E-state index in [4.69, 9.17) is 9.47 Å². The fourth-order valence-corrected chi connectivity index (χ4v) is 3.64. The Morgan fingerprint density at radius 3 is 2.61 bits per heavy atom. The first-order chi connectivity index (χ1) is 15.1. The standard InChI is InChI=1S/C25H31FN2O3/c1-30-14-13-27(18-25(29)20-31-19-21-7-3-2-4-8-21)17-24-11-6-12-28(24)16-22-9-5-10-23(26)15-22/h2-12,15,25,29H,13-14,16-20H2,1H3/p+1/t25-/m0/s1. The zero-order chi connectivity index (χ0) is 21.9. The molecule has 0 aliphatic rings.